The van der Waals surface area contributed by atoms with Crippen LogP contribution >= 0.6 is 0 Å². The SMILES string of the molecule is COc1ccc(-c2cc3c(c(=O)o2)C=C2[C@@](C)(CC[C@@]4(O)C(C)(C)CC[C@H](O)[C@]24C)O3)cc1OC. The molecule has 1 aromatic heterocycles. The molecule has 188 valence electrons. The fourth-order valence-corrected chi connectivity index (χ4v) is 6.70. The van der Waals surface area contributed by atoms with Gasteiger partial charge in [-0.3, -0.25) is 0 Å². The number of rotatable bonds is 3. The van der Waals surface area contributed by atoms with Gasteiger partial charge in [0.2, 0.25) is 0 Å². The van der Waals surface area contributed by atoms with E-state index in [-0.39, 0.29) is 0 Å². The Morgan fingerprint density at radius 3 is 2.40 bits per heavy atom. The molecule has 0 saturated heterocycles. The lowest BCUT2D eigenvalue weighted by Gasteiger charge is -2.65. The van der Waals surface area contributed by atoms with Crippen LogP contribution in [0.5, 0.6) is 17.2 Å². The molecule has 2 aromatic rings. The van der Waals surface area contributed by atoms with Crippen molar-refractivity contribution in [3.05, 3.63) is 45.8 Å². The lowest BCUT2D eigenvalue weighted by atomic mass is 9.43. The van der Waals surface area contributed by atoms with Crippen LogP contribution in [0.15, 0.2) is 39.1 Å². The van der Waals surface area contributed by atoms with Crippen molar-refractivity contribution in [2.75, 3.05) is 14.2 Å². The molecule has 5 rings (SSSR count). The van der Waals surface area contributed by atoms with Gasteiger partial charge in [0.25, 0.3) is 0 Å². The minimum atomic E-state index is -1.14. The third-order valence-electron chi connectivity index (χ3n) is 9.02. The van der Waals surface area contributed by atoms with E-state index in [0.29, 0.717) is 53.4 Å². The van der Waals surface area contributed by atoms with E-state index in [1.165, 1.54) is 0 Å². The number of aliphatic hydroxyl groups is 2. The van der Waals surface area contributed by atoms with Gasteiger partial charge in [0, 0.05) is 17.0 Å². The molecule has 0 bridgehead atoms. The second-order valence-electron chi connectivity index (χ2n) is 11.1. The largest absolute Gasteiger partial charge is 0.493 e. The van der Waals surface area contributed by atoms with Gasteiger partial charge in [0.1, 0.15) is 22.7 Å². The van der Waals surface area contributed by atoms with Gasteiger partial charge in [-0.05, 0) is 67.9 Å². The first-order valence-electron chi connectivity index (χ1n) is 12.1. The average molecular weight is 483 g/mol. The number of aliphatic hydroxyl groups excluding tert-OH is 1. The van der Waals surface area contributed by atoms with Gasteiger partial charge in [0.05, 0.1) is 25.9 Å². The monoisotopic (exact) mass is 482 g/mol. The van der Waals surface area contributed by atoms with E-state index in [9.17, 15) is 15.0 Å². The summed E-state index contributed by atoms with van der Waals surface area (Å²) in [6.45, 7) is 8.00. The Labute approximate surface area is 205 Å². The Morgan fingerprint density at radius 1 is 1.00 bits per heavy atom. The molecule has 3 aliphatic rings. The zero-order chi connectivity index (χ0) is 25.4. The summed E-state index contributed by atoms with van der Waals surface area (Å²) < 4.78 is 22.9. The molecular weight excluding hydrogens is 448 g/mol. The lowest BCUT2D eigenvalue weighted by Crippen LogP contribution is -2.70. The van der Waals surface area contributed by atoms with Crippen LogP contribution in [0, 0.1) is 10.8 Å². The molecule has 35 heavy (non-hydrogen) atoms. The van der Waals surface area contributed by atoms with Crippen LogP contribution in [-0.2, 0) is 0 Å². The highest BCUT2D eigenvalue weighted by Gasteiger charge is 2.69. The molecule has 7 nitrogen and oxygen atoms in total. The zero-order valence-corrected chi connectivity index (χ0v) is 21.2. The van der Waals surface area contributed by atoms with Gasteiger partial charge in [-0.25, -0.2) is 4.79 Å². The van der Waals surface area contributed by atoms with Crippen molar-refractivity contribution in [1.82, 2.24) is 0 Å². The van der Waals surface area contributed by atoms with Gasteiger partial charge >= 0.3 is 5.63 Å². The highest BCUT2D eigenvalue weighted by Crippen LogP contribution is 2.65. The fourth-order valence-electron chi connectivity index (χ4n) is 6.70. The van der Waals surface area contributed by atoms with Crippen molar-refractivity contribution in [2.45, 2.75) is 70.7 Å². The van der Waals surface area contributed by atoms with Gasteiger partial charge in [-0.2, -0.15) is 0 Å². The van der Waals surface area contributed by atoms with Crippen LogP contribution in [0.4, 0.5) is 0 Å². The molecule has 0 unspecified atom stereocenters. The average Bonchev–Trinajstić information content (AvgIpc) is 2.82. The highest BCUT2D eigenvalue weighted by molar-refractivity contribution is 5.70. The first-order valence-corrected chi connectivity index (χ1v) is 12.1. The molecule has 2 N–H and O–H groups in total. The maximum atomic E-state index is 13.2. The lowest BCUT2D eigenvalue weighted by molar-refractivity contribution is -0.237. The van der Waals surface area contributed by atoms with Crippen LogP contribution in [-0.4, -0.2) is 41.7 Å². The standard InChI is InChI=1S/C28H34O7/c1-25(2)10-9-23(29)27(4)22-14-17-20(35-26(22,3)11-12-28(25,27)31)15-19(34-24(17)30)16-7-8-18(32-5)21(13-16)33-6/h7-8,13-15,23,29,31H,9-12H2,1-6H3/t23-,26+,27-,28+/m0/s1. The van der Waals surface area contributed by atoms with Crippen molar-refractivity contribution >= 4 is 6.08 Å². The van der Waals surface area contributed by atoms with Gasteiger partial charge in [-0.15, -0.1) is 0 Å². The van der Waals surface area contributed by atoms with Crippen LogP contribution in [0.1, 0.15) is 58.9 Å². The van der Waals surface area contributed by atoms with E-state index in [1.54, 1.807) is 44.6 Å². The molecule has 1 aliphatic heterocycles. The molecule has 2 saturated carbocycles. The molecule has 1 aromatic carbocycles. The topological polar surface area (TPSA) is 98.4 Å². The van der Waals surface area contributed by atoms with E-state index >= 15 is 0 Å². The summed E-state index contributed by atoms with van der Waals surface area (Å²) >= 11 is 0. The number of ether oxygens (including phenoxy) is 3. The van der Waals surface area contributed by atoms with Crippen molar-refractivity contribution in [2.24, 2.45) is 10.8 Å². The summed E-state index contributed by atoms with van der Waals surface area (Å²) in [5.74, 6) is 1.88. The van der Waals surface area contributed by atoms with Gasteiger partial charge in [-0.1, -0.05) is 20.8 Å². The second-order valence-corrected chi connectivity index (χ2v) is 11.1. The Morgan fingerprint density at radius 2 is 1.71 bits per heavy atom. The third-order valence-corrected chi connectivity index (χ3v) is 9.02. The maximum Gasteiger partial charge on any atom is 0.347 e. The predicted octanol–water partition coefficient (Wildman–Crippen LogP) is 4.57. The summed E-state index contributed by atoms with van der Waals surface area (Å²) in [7, 11) is 3.11. The Bertz CT molecular complexity index is 1270. The molecule has 2 heterocycles. The van der Waals surface area contributed by atoms with E-state index in [4.69, 9.17) is 18.6 Å². The van der Waals surface area contributed by atoms with Crippen LogP contribution in [0.3, 0.4) is 0 Å². The number of methoxy groups -OCH3 is 2. The molecule has 4 atom stereocenters. The van der Waals surface area contributed by atoms with Crippen molar-refractivity contribution in [3.63, 3.8) is 0 Å². The highest BCUT2D eigenvalue weighted by atomic mass is 16.5. The molecule has 7 heteroatoms. The number of hydrogen-bond donors (Lipinski definition) is 2. The normalized spacial score (nSPS) is 32.9. The molecule has 0 radical (unpaired) electrons. The van der Waals surface area contributed by atoms with Gasteiger partial charge in [0.15, 0.2) is 11.5 Å². The van der Waals surface area contributed by atoms with Crippen molar-refractivity contribution < 1.29 is 28.8 Å². The number of benzene rings is 1. The Hall–Kier alpha value is -2.77. The summed E-state index contributed by atoms with van der Waals surface area (Å²) in [4.78, 5) is 13.2. The fraction of sp³-hybridized carbons (Fsp3) is 0.536. The first kappa shape index (κ1) is 23.9. The smallest absolute Gasteiger partial charge is 0.347 e. The molecular formula is C28H34O7. The number of fused-ring (bicyclic) bond motifs is 4. The predicted molar refractivity (Wildman–Crippen MR) is 132 cm³/mol. The summed E-state index contributed by atoms with van der Waals surface area (Å²) in [6, 6.07) is 7.02. The minimum Gasteiger partial charge on any atom is -0.493 e. The quantitative estimate of drug-likeness (QED) is 0.661. The van der Waals surface area contributed by atoms with Crippen molar-refractivity contribution in [1.29, 1.82) is 0 Å². The zero-order valence-electron chi connectivity index (χ0n) is 21.2. The Balaban J connectivity index is 1.66. The number of hydrogen-bond acceptors (Lipinski definition) is 7. The molecule has 2 aliphatic carbocycles. The summed E-state index contributed by atoms with van der Waals surface area (Å²) in [5.41, 5.74) is -2.11. The molecule has 0 amide bonds. The summed E-state index contributed by atoms with van der Waals surface area (Å²) in [5, 5.41) is 23.3. The van der Waals surface area contributed by atoms with E-state index in [2.05, 4.69) is 13.8 Å². The summed E-state index contributed by atoms with van der Waals surface area (Å²) in [6.07, 6.45) is 3.37. The minimum absolute atomic E-state index is 0.294. The molecule has 0 spiro atoms. The van der Waals surface area contributed by atoms with E-state index < -0.39 is 33.8 Å². The van der Waals surface area contributed by atoms with E-state index in [1.807, 2.05) is 13.8 Å². The van der Waals surface area contributed by atoms with Crippen LogP contribution in [0.25, 0.3) is 17.4 Å². The first-order chi connectivity index (χ1) is 16.4. The van der Waals surface area contributed by atoms with Crippen molar-refractivity contribution in [3.8, 4) is 28.6 Å². The third kappa shape index (κ3) is 3.14. The molecule has 2 fully saturated rings. The maximum absolute atomic E-state index is 13.2. The van der Waals surface area contributed by atoms with Gasteiger partial charge < -0.3 is 28.8 Å². The van der Waals surface area contributed by atoms with Crippen LogP contribution < -0.4 is 19.8 Å². The second kappa shape index (κ2) is 7.61. The van der Waals surface area contributed by atoms with E-state index in [0.717, 1.165) is 12.0 Å². The van der Waals surface area contributed by atoms with Crippen LogP contribution in [0.2, 0.25) is 0 Å². The Kier molecular flexibility index (Phi) is 5.21.